The van der Waals surface area contributed by atoms with Gasteiger partial charge in [0.1, 0.15) is 29.1 Å². The molecule has 0 aliphatic heterocycles. The first kappa shape index (κ1) is 113. The third-order valence-corrected chi connectivity index (χ3v) is 32.3. The molecule has 10 aromatic carbocycles. The maximum atomic E-state index is 13.3. The van der Waals surface area contributed by atoms with Gasteiger partial charge in [0.2, 0.25) is 0 Å². The Balaban J connectivity index is 0.000000133. The predicted octanol–water partition coefficient (Wildman–Crippen LogP) is 35.2. The second-order valence-electron chi connectivity index (χ2n) is 38.4. The number of carbonyl (C=O) groups excluding carboxylic acids is 5. The van der Waals surface area contributed by atoms with Crippen LogP contribution in [0.2, 0.25) is 75.3 Å². The molecular formula is C114H116Cl15N15O5. The maximum absolute atomic E-state index is 13.3. The molecule has 0 N–H and O–H groups in total. The van der Waals surface area contributed by atoms with Crippen molar-refractivity contribution in [2.24, 2.45) is 0 Å². The van der Waals surface area contributed by atoms with E-state index in [0.29, 0.717) is 199 Å². The smallest absolute Gasteiger partial charge is 0.256 e. The van der Waals surface area contributed by atoms with Crippen LogP contribution in [-0.2, 0) is 32.7 Å². The minimum Gasteiger partial charge on any atom is -0.331 e. The van der Waals surface area contributed by atoms with E-state index in [9.17, 15) is 24.0 Å². The van der Waals surface area contributed by atoms with E-state index in [-0.39, 0.29) is 29.5 Å². The van der Waals surface area contributed by atoms with E-state index in [1.165, 1.54) is 64.2 Å². The number of fused-ring (bicyclic) bond motifs is 5. The number of hydrogen-bond acceptors (Lipinski definition) is 10. The zero-order valence-corrected chi connectivity index (χ0v) is 94.6. The number of rotatable bonds is 29. The van der Waals surface area contributed by atoms with E-state index in [4.69, 9.17) is 199 Å². The highest BCUT2D eigenvalue weighted by Gasteiger charge is 2.35. The van der Waals surface area contributed by atoms with E-state index >= 15 is 0 Å². The molecule has 5 aliphatic rings. The Hall–Kier alpha value is -9.01. The van der Waals surface area contributed by atoms with Crippen LogP contribution >= 0.6 is 174 Å². The van der Waals surface area contributed by atoms with Gasteiger partial charge in [-0.3, -0.25) is 24.0 Å². The summed E-state index contributed by atoms with van der Waals surface area (Å²) in [5.41, 5.74) is 11.9. The van der Waals surface area contributed by atoms with Gasteiger partial charge < -0.3 is 47.3 Å². The van der Waals surface area contributed by atoms with Crippen LogP contribution in [0.25, 0.3) is 55.2 Å². The summed E-state index contributed by atoms with van der Waals surface area (Å²) in [6.07, 6.45) is 27.4. The molecule has 5 amide bonds. The van der Waals surface area contributed by atoms with Gasteiger partial charge in [-0.25, -0.2) is 24.9 Å². The van der Waals surface area contributed by atoms with Crippen molar-refractivity contribution >= 4 is 259 Å². The molecule has 5 aliphatic carbocycles. The Kier molecular flexibility index (Phi) is 39.5. The number of benzene rings is 10. The standard InChI is InChI=1S/C23H24Cl3N3O.C23H22Cl3N3O.2C23H24Cl3N3O.C22H22Cl3N3O/c2*1-2-11-28(23(30)18-12-15(24)7-9-19(18)26)14-22-27-20-10-8-16(25)13-21(20)29(22)17-5-3-4-6-17;1-2-11-28(23(30)18-9-7-15(24)12-19(18)26)14-22-27-20-10-8-16(25)13-21(20)29(22)17-5-3-4-6-17;1-2-11-28(23(30)15-7-9-18(25)19(26)12-15)14-22-27-20-10-8-16(24)13-21(20)29(22)17-5-3-4-6-17;1-2-27(22(29)17-11-14(23)7-9-18(17)25)13-21-26-19-10-8-15(24)12-20(19)28(21)16-5-3-4-6-16/h7-10,12-13,17H,2-6,11,14H2,1H3;2,7-10,12-13,17H,1,3-6,11,14H2;2*7-10,12-13,17H,2-6,11,14H2,1H3;7-12,16H,2-6,13H2,1H3. The molecule has 20 rings (SSSR count). The van der Waals surface area contributed by atoms with Crippen molar-refractivity contribution in [1.82, 2.24) is 72.3 Å². The molecule has 5 fully saturated rings. The van der Waals surface area contributed by atoms with E-state index in [2.05, 4.69) is 50.2 Å². The lowest BCUT2D eigenvalue weighted by Crippen LogP contribution is -2.33. The molecule has 0 atom stereocenters. The largest absolute Gasteiger partial charge is 0.331 e. The van der Waals surface area contributed by atoms with E-state index in [1.54, 1.807) is 107 Å². The van der Waals surface area contributed by atoms with Crippen molar-refractivity contribution in [3.8, 4) is 0 Å². The average Bonchev–Trinajstić information content (AvgIpc) is 1.64. The molecule has 0 unspecified atom stereocenters. The molecule has 5 aromatic heterocycles. The van der Waals surface area contributed by atoms with Crippen LogP contribution < -0.4 is 0 Å². The second-order valence-corrected chi connectivity index (χ2v) is 44.8. The SMILES string of the molecule is C=CCN(Cc1nc2ccc(Cl)cc2n1C1CCCC1)C(=O)c1cc(Cl)ccc1Cl.CCCN(Cc1nc2ccc(Cl)cc2n1C1CCCC1)C(=O)c1cc(Cl)ccc1Cl.CCCN(Cc1nc2ccc(Cl)cc2n1C1CCCC1)C(=O)c1ccc(Cl)c(Cl)c1.CCCN(Cc1nc2ccc(Cl)cc2n1C1CCCC1)C(=O)c1ccc(Cl)cc1Cl.CCN(Cc1nc2ccc(Cl)cc2n1C1CCCC1)C(=O)c1cc(Cl)ccc1Cl. The molecule has 35 heteroatoms. The maximum Gasteiger partial charge on any atom is 0.256 e. The van der Waals surface area contributed by atoms with Gasteiger partial charge in [0.25, 0.3) is 29.5 Å². The van der Waals surface area contributed by atoms with Crippen molar-refractivity contribution < 1.29 is 24.0 Å². The summed E-state index contributed by atoms with van der Waals surface area (Å²) in [5, 5.41) is 7.78. The molecule has 5 heterocycles. The first-order valence-corrected chi connectivity index (χ1v) is 56.7. The van der Waals surface area contributed by atoms with Gasteiger partial charge in [-0.15, -0.1) is 6.58 Å². The van der Waals surface area contributed by atoms with Crippen molar-refractivity contribution in [1.29, 1.82) is 0 Å². The molecule has 0 saturated heterocycles. The Morgan fingerprint density at radius 1 is 0.268 bits per heavy atom. The summed E-state index contributed by atoms with van der Waals surface area (Å²) in [5.74, 6) is 3.74. The van der Waals surface area contributed by atoms with Gasteiger partial charge in [-0.05, 0) is 272 Å². The summed E-state index contributed by atoms with van der Waals surface area (Å²) >= 11 is 93.1. The van der Waals surface area contributed by atoms with Crippen LogP contribution in [0.3, 0.4) is 0 Å². The average molecular weight is 2310 g/mol. The summed E-state index contributed by atoms with van der Waals surface area (Å²) in [4.78, 5) is 99.7. The zero-order chi connectivity index (χ0) is 106. The molecule has 0 spiro atoms. The molecule has 5 saturated carbocycles. The molecule has 0 bridgehead atoms. The van der Waals surface area contributed by atoms with Gasteiger partial charge in [0.15, 0.2) is 0 Å². The van der Waals surface area contributed by atoms with Crippen LogP contribution in [-0.4, -0.2) is 135 Å². The lowest BCUT2D eigenvalue weighted by Gasteiger charge is -2.24. The number of nitrogens with zero attached hydrogens (tertiary/aromatic N) is 15. The van der Waals surface area contributed by atoms with Gasteiger partial charge in [0.05, 0.1) is 140 Å². The Bertz CT molecular complexity index is 7370. The minimum absolute atomic E-state index is 0.0709. The highest BCUT2D eigenvalue weighted by Crippen LogP contribution is 2.44. The lowest BCUT2D eigenvalue weighted by molar-refractivity contribution is 0.0729. The molecule has 20 nitrogen and oxygen atoms in total. The minimum atomic E-state index is -0.203. The normalized spacial score (nSPS) is 14.5. The van der Waals surface area contributed by atoms with E-state index in [0.717, 1.165) is 168 Å². The number of carbonyl (C=O) groups is 5. The highest BCUT2D eigenvalue weighted by molar-refractivity contribution is 6.42. The van der Waals surface area contributed by atoms with Crippen molar-refractivity contribution in [3.63, 3.8) is 0 Å². The monoisotopic (exact) mass is 2300 g/mol. The Labute approximate surface area is 944 Å². The fourth-order valence-electron chi connectivity index (χ4n) is 21.3. The predicted molar refractivity (Wildman–Crippen MR) is 614 cm³/mol. The van der Waals surface area contributed by atoms with Crippen LogP contribution in [0, 0.1) is 0 Å². The number of aromatic nitrogens is 10. The summed E-state index contributed by atoms with van der Waals surface area (Å²) < 4.78 is 11.4. The summed E-state index contributed by atoms with van der Waals surface area (Å²) in [6, 6.07) is 55.7. The first-order chi connectivity index (χ1) is 71.9. The molecular weight excluding hydrogens is 2190 g/mol. The third-order valence-electron chi connectivity index (χ3n) is 28.2. The topological polar surface area (TPSA) is 191 Å². The Morgan fingerprint density at radius 2 is 0.510 bits per heavy atom. The van der Waals surface area contributed by atoms with Crippen molar-refractivity contribution in [2.45, 2.75) is 238 Å². The zero-order valence-electron chi connectivity index (χ0n) is 83.2. The van der Waals surface area contributed by atoms with Gasteiger partial charge >= 0.3 is 0 Å². The van der Waals surface area contributed by atoms with Crippen LogP contribution in [0.15, 0.2) is 195 Å². The number of halogens is 15. The van der Waals surface area contributed by atoms with Crippen LogP contribution in [0.1, 0.15) is 286 Å². The van der Waals surface area contributed by atoms with E-state index < -0.39 is 0 Å². The number of amides is 5. The molecule has 0 radical (unpaired) electrons. The van der Waals surface area contributed by atoms with Gasteiger partial charge in [0, 0.05) is 114 Å². The quantitative estimate of drug-likeness (QED) is 0.0408. The number of imidazole rings is 5. The van der Waals surface area contributed by atoms with Gasteiger partial charge in [-0.1, -0.05) is 265 Å². The summed E-state index contributed by atoms with van der Waals surface area (Å²) in [6.45, 7) is 16.7. The molecule has 782 valence electrons. The van der Waals surface area contributed by atoms with Crippen molar-refractivity contribution in [3.05, 3.63) is 327 Å². The van der Waals surface area contributed by atoms with Crippen LogP contribution in [0.5, 0.6) is 0 Å². The lowest BCUT2D eigenvalue weighted by atomic mass is 10.2. The van der Waals surface area contributed by atoms with Crippen molar-refractivity contribution in [2.75, 3.05) is 32.7 Å². The summed E-state index contributed by atoms with van der Waals surface area (Å²) in [7, 11) is 0. The first-order valence-electron chi connectivity index (χ1n) is 51.0. The van der Waals surface area contributed by atoms with E-state index in [1.807, 2.05) is 113 Å². The fraction of sp³-hybridized carbons (Fsp3) is 0.368. The third kappa shape index (κ3) is 27.1. The molecule has 15 aromatic rings. The fourth-order valence-corrected chi connectivity index (χ4v) is 24.0. The molecule has 149 heavy (non-hydrogen) atoms. The van der Waals surface area contributed by atoms with Gasteiger partial charge in [-0.2, -0.15) is 0 Å². The second kappa shape index (κ2) is 52.3. The Morgan fingerprint density at radius 3 is 0.792 bits per heavy atom. The van der Waals surface area contributed by atoms with Crippen LogP contribution in [0.4, 0.5) is 0 Å². The number of hydrogen-bond donors (Lipinski definition) is 0. The highest BCUT2D eigenvalue weighted by atomic mass is 35.5.